The summed E-state index contributed by atoms with van der Waals surface area (Å²) in [7, 11) is 0. The van der Waals surface area contributed by atoms with Gasteiger partial charge >= 0.3 is 6.18 Å². The van der Waals surface area contributed by atoms with Crippen LogP contribution in [-0.4, -0.2) is 37.0 Å². The first-order valence-corrected chi connectivity index (χ1v) is 9.62. The Balaban J connectivity index is 1.36. The third-order valence-corrected chi connectivity index (χ3v) is 5.24. The summed E-state index contributed by atoms with van der Waals surface area (Å²) in [6, 6.07) is 15.5. The molecule has 0 bridgehead atoms. The van der Waals surface area contributed by atoms with Crippen molar-refractivity contribution in [1.82, 2.24) is 10.2 Å². The van der Waals surface area contributed by atoms with Gasteiger partial charge in [-0.1, -0.05) is 42.5 Å². The highest BCUT2D eigenvalue weighted by Gasteiger charge is 2.29. The van der Waals surface area contributed by atoms with Gasteiger partial charge in [-0.3, -0.25) is 9.69 Å². The summed E-state index contributed by atoms with van der Waals surface area (Å²) < 4.78 is 37.7. The third kappa shape index (κ3) is 5.83. The second kappa shape index (κ2) is 9.24. The number of hydrogen-bond donors (Lipinski definition) is 1. The van der Waals surface area contributed by atoms with E-state index in [2.05, 4.69) is 34.5 Å². The molecule has 1 aliphatic heterocycles. The first-order chi connectivity index (χ1) is 13.4. The number of nitrogens with zero attached hydrogens (tertiary/aromatic N) is 1. The number of amides is 1. The average Bonchev–Trinajstić information content (AvgIpc) is 2.69. The molecule has 28 heavy (non-hydrogen) atoms. The van der Waals surface area contributed by atoms with E-state index in [4.69, 9.17) is 0 Å². The van der Waals surface area contributed by atoms with E-state index in [0.29, 0.717) is 25.4 Å². The van der Waals surface area contributed by atoms with Crippen molar-refractivity contribution in [2.45, 2.75) is 31.4 Å². The van der Waals surface area contributed by atoms with Crippen molar-refractivity contribution < 1.29 is 18.0 Å². The van der Waals surface area contributed by atoms with E-state index in [-0.39, 0.29) is 5.91 Å². The van der Waals surface area contributed by atoms with Crippen LogP contribution in [0.3, 0.4) is 0 Å². The van der Waals surface area contributed by atoms with Gasteiger partial charge in [0.2, 0.25) is 5.91 Å². The van der Waals surface area contributed by atoms with E-state index < -0.39 is 11.7 Å². The van der Waals surface area contributed by atoms with E-state index >= 15 is 0 Å². The number of rotatable bonds is 6. The van der Waals surface area contributed by atoms with Crippen molar-refractivity contribution in [1.29, 1.82) is 0 Å². The van der Waals surface area contributed by atoms with Gasteiger partial charge in [-0.05, 0) is 61.5 Å². The molecule has 0 radical (unpaired) electrons. The van der Waals surface area contributed by atoms with E-state index in [0.717, 1.165) is 43.6 Å². The van der Waals surface area contributed by atoms with Crippen LogP contribution in [0, 0.1) is 0 Å². The Labute approximate surface area is 163 Å². The quantitative estimate of drug-likeness (QED) is 0.800. The van der Waals surface area contributed by atoms with Gasteiger partial charge in [0.05, 0.1) is 12.1 Å². The number of carbonyl (C=O) groups excluding carboxylic acids is 1. The molecule has 3 rings (SSSR count). The van der Waals surface area contributed by atoms with Gasteiger partial charge in [0, 0.05) is 6.54 Å². The minimum absolute atomic E-state index is 0.0370. The van der Waals surface area contributed by atoms with Crippen molar-refractivity contribution in [3.8, 4) is 0 Å². The summed E-state index contributed by atoms with van der Waals surface area (Å²) in [5, 5.41) is 2.86. The van der Waals surface area contributed by atoms with Gasteiger partial charge in [0.1, 0.15) is 0 Å². The summed E-state index contributed by atoms with van der Waals surface area (Å²) in [5.41, 5.74) is 1.49. The van der Waals surface area contributed by atoms with Crippen LogP contribution < -0.4 is 5.32 Å². The molecule has 0 saturated carbocycles. The van der Waals surface area contributed by atoms with E-state index in [1.807, 2.05) is 6.07 Å². The molecule has 0 spiro atoms. The van der Waals surface area contributed by atoms with Crippen LogP contribution in [0.15, 0.2) is 54.6 Å². The normalized spacial score (nSPS) is 16.1. The Morgan fingerprint density at radius 3 is 2.25 bits per heavy atom. The van der Waals surface area contributed by atoms with Crippen molar-refractivity contribution in [3.63, 3.8) is 0 Å². The highest BCUT2D eigenvalue weighted by atomic mass is 19.4. The second-order valence-electron chi connectivity index (χ2n) is 7.26. The molecule has 1 heterocycles. The average molecular weight is 390 g/mol. The Morgan fingerprint density at radius 1 is 1.00 bits per heavy atom. The Bertz CT molecular complexity index is 752. The number of benzene rings is 2. The SMILES string of the molecule is O=C(CN1CCC(c2ccccc2)CC1)NCCc1ccc(C(F)(F)F)cc1. The largest absolute Gasteiger partial charge is 0.416 e. The maximum atomic E-state index is 12.6. The lowest BCUT2D eigenvalue weighted by Crippen LogP contribution is -2.41. The molecule has 1 fully saturated rings. The summed E-state index contributed by atoms with van der Waals surface area (Å²) in [6.45, 7) is 2.58. The van der Waals surface area contributed by atoms with Crippen molar-refractivity contribution in [3.05, 3.63) is 71.3 Å². The maximum absolute atomic E-state index is 12.6. The van der Waals surface area contributed by atoms with Crippen LogP contribution in [0.5, 0.6) is 0 Å². The molecule has 6 heteroatoms. The summed E-state index contributed by atoms with van der Waals surface area (Å²) in [4.78, 5) is 14.3. The number of piperidine rings is 1. The molecule has 0 atom stereocenters. The van der Waals surface area contributed by atoms with E-state index in [1.165, 1.54) is 17.7 Å². The second-order valence-corrected chi connectivity index (χ2v) is 7.26. The molecule has 0 aromatic heterocycles. The van der Waals surface area contributed by atoms with Crippen LogP contribution in [-0.2, 0) is 17.4 Å². The molecule has 1 saturated heterocycles. The lowest BCUT2D eigenvalue weighted by atomic mass is 9.89. The zero-order valence-electron chi connectivity index (χ0n) is 15.7. The Kier molecular flexibility index (Phi) is 6.73. The Morgan fingerprint density at radius 2 is 1.64 bits per heavy atom. The lowest BCUT2D eigenvalue weighted by Gasteiger charge is -2.31. The first-order valence-electron chi connectivity index (χ1n) is 9.62. The smallest absolute Gasteiger partial charge is 0.355 e. The van der Waals surface area contributed by atoms with Gasteiger partial charge < -0.3 is 5.32 Å². The molecule has 0 unspecified atom stereocenters. The van der Waals surface area contributed by atoms with Gasteiger partial charge in [-0.15, -0.1) is 0 Å². The number of hydrogen-bond acceptors (Lipinski definition) is 2. The van der Waals surface area contributed by atoms with Gasteiger partial charge in [0.15, 0.2) is 0 Å². The standard InChI is InChI=1S/C22H25F3N2O/c23-22(24,25)20-8-6-17(7-9-20)10-13-26-21(28)16-27-14-11-19(12-15-27)18-4-2-1-3-5-18/h1-9,19H,10-16H2,(H,26,28). The monoisotopic (exact) mass is 390 g/mol. The van der Waals surface area contributed by atoms with Crippen LogP contribution in [0.2, 0.25) is 0 Å². The van der Waals surface area contributed by atoms with Crippen LogP contribution in [0.1, 0.15) is 35.4 Å². The number of nitrogens with one attached hydrogen (secondary N) is 1. The highest BCUT2D eigenvalue weighted by Crippen LogP contribution is 2.29. The van der Waals surface area contributed by atoms with E-state index in [1.54, 1.807) is 0 Å². The number of halogens is 3. The molecular weight excluding hydrogens is 365 g/mol. The highest BCUT2D eigenvalue weighted by molar-refractivity contribution is 5.78. The predicted molar refractivity (Wildman–Crippen MR) is 103 cm³/mol. The molecular formula is C22H25F3N2O. The molecule has 1 amide bonds. The predicted octanol–water partition coefficient (Wildman–Crippen LogP) is 4.24. The Hall–Kier alpha value is -2.34. The fraction of sp³-hybridized carbons (Fsp3) is 0.409. The summed E-state index contributed by atoms with van der Waals surface area (Å²) in [6.07, 6.45) is -1.72. The summed E-state index contributed by atoms with van der Waals surface area (Å²) in [5.74, 6) is 0.519. The fourth-order valence-corrected chi connectivity index (χ4v) is 3.62. The zero-order valence-corrected chi connectivity index (χ0v) is 15.7. The van der Waals surface area contributed by atoms with Crippen LogP contribution in [0.4, 0.5) is 13.2 Å². The molecule has 2 aromatic carbocycles. The number of alkyl halides is 3. The zero-order chi connectivity index (χ0) is 20.0. The van der Waals surface area contributed by atoms with Gasteiger partial charge in [-0.25, -0.2) is 0 Å². The van der Waals surface area contributed by atoms with Crippen LogP contribution >= 0.6 is 0 Å². The molecule has 0 aliphatic carbocycles. The molecule has 1 aliphatic rings. The third-order valence-electron chi connectivity index (χ3n) is 5.24. The van der Waals surface area contributed by atoms with Crippen LogP contribution in [0.25, 0.3) is 0 Å². The molecule has 150 valence electrons. The summed E-state index contributed by atoms with van der Waals surface area (Å²) >= 11 is 0. The van der Waals surface area contributed by atoms with Crippen molar-refractivity contribution in [2.24, 2.45) is 0 Å². The number of likely N-dealkylation sites (tertiary alicyclic amines) is 1. The van der Waals surface area contributed by atoms with Gasteiger partial charge in [0.25, 0.3) is 0 Å². The maximum Gasteiger partial charge on any atom is 0.416 e. The lowest BCUT2D eigenvalue weighted by molar-refractivity contribution is -0.137. The van der Waals surface area contributed by atoms with Crippen molar-refractivity contribution in [2.75, 3.05) is 26.2 Å². The molecule has 3 nitrogen and oxygen atoms in total. The van der Waals surface area contributed by atoms with Gasteiger partial charge in [-0.2, -0.15) is 13.2 Å². The van der Waals surface area contributed by atoms with Crippen molar-refractivity contribution >= 4 is 5.91 Å². The molecule has 2 aromatic rings. The fourth-order valence-electron chi connectivity index (χ4n) is 3.62. The number of carbonyl (C=O) groups is 1. The van der Waals surface area contributed by atoms with E-state index in [9.17, 15) is 18.0 Å². The topological polar surface area (TPSA) is 32.3 Å². The molecule has 1 N–H and O–H groups in total. The minimum Gasteiger partial charge on any atom is -0.355 e. The first kappa shape index (κ1) is 20.4. The minimum atomic E-state index is -4.32.